The van der Waals surface area contributed by atoms with E-state index in [1.165, 1.54) is 5.56 Å². The van der Waals surface area contributed by atoms with Gasteiger partial charge in [-0.1, -0.05) is 56.0 Å². The van der Waals surface area contributed by atoms with E-state index in [1.807, 2.05) is 30.3 Å². The summed E-state index contributed by atoms with van der Waals surface area (Å²) in [4.78, 5) is 12.1. The molecular formula is C25H31ClNO4+. The number of carbonyl (C=O) groups is 1. The Morgan fingerprint density at radius 3 is 2.58 bits per heavy atom. The average molecular weight is 445 g/mol. The fourth-order valence-corrected chi connectivity index (χ4v) is 5.03. The number of likely N-dealkylation sites (N-methyl/N-ethyl adjacent to an activating group) is 1. The number of para-hydroxylation sites is 1. The maximum absolute atomic E-state index is 12.1. The fourth-order valence-electron chi connectivity index (χ4n) is 4.85. The van der Waals surface area contributed by atoms with Crippen molar-refractivity contribution in [1.29, 1.82) is 0 Å². The van der Waals surface area contributed by atoms with Crippen LogP contribution in [0.25, 0.3) is 0 Å². The zero-order valence-corrected chi connectivity index (χ0v) is 19.1. The number of carbonyl (C=O) groups excluding carboxylic acids is 1. The predicted molar refractivity (Wildman–Crippen MR) is 121 cm³/mol. The van der Waals surface area contributed by atoms with E-state index in [2.05, 4.69) is 26.1 Å². The number of unbranched alkanes of at least 4 members (excludes halogenated alkanes) is 3. The number of quaternary nitrogens is 1. The van der Waals surface area contributed by atoms with Gasteiger partial charge in [0.15, 0.2) is 0 Å². The lowest BCUT2D eigenvalue weighted by Gasteiger charge is -2.29. The molecule has 2 aromatic rings. The van der Waals surface area contributed by atoms with Crippen LogP contribution in [0.15, 0.2) is 42.5 Å². The monoisotopic (exact) mass is 444 g/mol. The number of ether oxygens (including phenoxy) is 3. The second kappa shape index (κ2) is 9.49. The van der Waals surface area contributed by atoms with Crippen molar-refractivity contribution in [2.75, 3.05) is 33.5 Å². The van der Waals surface area contributed by atoms with E-state index in [9.17, 15) is 4.79 Å². The van der Waals surface area contributed by atoms with Gasteiger partial charge in [-0.05, 0) is 30.7 Å². The zero-order valence-electron chi connectivity index (χ0n) is 18.3. The Labute approximate surface area is 189 Å². The molecule has 31 heavy (non-hydrogen) atoms. The third-order valence-corrected chi connectivity index (χ3v) is 6.62. The summed E-state index contributed by atoms with van der Waals surface area (Å²) in [7, 11) is 2.14. The first kappa shape index (κ1) is 22.0. The third-order valence-electron chi connectivity index (χ3n) is 6.38. The van der Waals surface area contributed by atoms with Crippen molar-refractivity contribution in [2.24, 2.45) is 0 Å². The average Bonchev–Trinajstić information content (AvgIpc) is 3.06. The molecule has 0 saturated carbocycles. The first-order valence-corrected chi connectivity index (χ1v) is 11.6. The summed E-state index contributed by atoms with van der Waals surface area (Å²) in [6, 6.07) is 14.0. The Morgan fingerprint density at radius 2 is 1.77 bits per heavy atom. The van der Waals surface area contributed by atoms with Crippen LogP contribution in [0.4, 0.5) is 4.79 Å². The van der Waals surface area contributed by atoms with Gasteiger partial charge in [-0.25, -0.2) is 4.79 Å². The molecule has 2 aromatic carbocycles. The molecule has 0 aliphatic carbocycles. The minimum atomic E-state index is -0.574. The largest absolute Gasteiger partial charge is 0.512 e. The summed E-state index contributed by atoms with van der Waals surface area (Å²) in [5.41, 5.74) is 2.31. The van der Waals surface area contributed by atoms with Crippen LogP contribution in [0.3, 0.4) is 0 Å². The molecule has 0 spiro atoms. The summed E-state index contributed by atoms with van der Waals surface area (Å²) in [5, 5.41) is 0.705. The Balaban J connectivity index is 1.47. The molecule has 0 amide bonds. The quantitative estimate of drug-likeness (QED) is 0.279. The SMILES string of the molecule is CCCCCCOC(=O)OC[N+]1(C)CC2c3ccccc3Oc3ccc(Cl)cc3C2C1. The molecule has 0 bridgehead atoms. The molecule has 166 valence electrons. The first-order chi connectivity index (χ1) is 15.0. The lowest BCUT2D eigenvalue weighted by Crippen LogP contribution is -2.44. The van der Waals surface area contributed by atoms with Crippen molar-refractivity contribution < 1.29 is 23.5 Å². The molecule has 5 nitrogen and oxygen atoms in total. The van der Waals surface area contributed by atoms with Crippen LogP contribution in [0, 0.1) is 0 Å². The van der Waals surface area contributed by atoms with Gasteiger partial charge >= 0.3 is 6.16 Å². The van der Waals surface area contributed by atoms with Crippen molar-refractivity contribution in [3.05, 3.63) is 58.6 Å². The van der Waals surface area contributed by atoms with Gasteiger partial charge < -0.3 is 14.2 Å². The summed E-state index contributed by atoms with van der Waals surface area (Å²) >= 11 is 6.34. The number of hydrogen-bond acceptors (Lipinski definition) is 4. The number of likely N-dealkylation sites (tertiary alicyclic amines) is 1. The molecule has 1 saturated heterocycles. The van der Waals surface area contributed by atoms with Crippen LogP contribution in [0.2, 0.25) is 5.02 Å². The van der Waals surface area contributed by atoms with Gasteiger partial charge in [0.2, 0.25) is 6.73 Å². The van der Waals surface area contributed by atoms with E-state index in [4.69, 9.17) is 25.8 Å². The molecular weight excluding hydrogens is 414 g/mol. The molecule has 2 aliphatic rings. The normalized spacial score (nSPS) is 23.7. The molecule has 2 heterocycles. The van der Waals surface area contributed by atoms with Crippen molar-refractivity contribution in [3.8, 4) is 11.5 Å². The Hall–Kier alpha value is -2.24. The van der Waals surface area contributed by atoms with Crippen LogP contribution < -0.4 is 4.74 Å². The second-order valence-electron chi connectivity index (χ2n) is 8.95. The third kappa shape index (κ3) is 4.99. The molecule has 0 aromatic heterocycles. The van der Waals surface area contributed by atoms with Crippen LogP contribution >= 0.6 is 11.6 Å². The highest BCUT2D eigenvalue weighted by molar-refractivity contribution is 6.30. The standard InChI is InChI=1S/C25H31ClNO4/c1-3-4-5-8-13-29-25(28)30-17-27(2)15-21-19-9-6-7-10-23(19)31-24-12-11-18(26)14-20(24)22(21)16-27/h6-7,9-12,14,21-22H,3-5,8,13,15-17H2,1-2H3/q+1. The maximum Gasteiger partial charge on any atom is 0.512 e. The molecule has 1 fully saturated rings. The smallest absolute Gasteiger partial charge is 0.457 e. The zero-order chi connectivity index (χ0) is 21.8. The van der Waals surface area contributed by atoms with Crippen molar-refractivity contribution >= 4 is 17.8 Å². The summed E-state index contributed by atoms with van der Waals surface area (Å²) in [6.07, 6.45) is 3.70. The number of rotatable bonds is 7. The van der Waals surface area contributed by atoms with E-state index >= 15 is 0 Å². The van der Waals surface area contributed by atoms with Crippen LogP contribution in [-0.2, 0) is 9.47 Å². The summed E-state index contributed by atoms with van der Waals surface area (Å²) in [6.45, 7) is 4.55. The van der Waals surface area contributed by atoms with E-state index in [-0.39, 0.29) is 11.8 Å². The lowest BCUT2D eigenvalue weighted by molar-refractivity contribution is -0.915. The number of hydrogen-bond donors (Lipinski definition) is 0. The number of nitrogens with zero attached hydrogens (tertiary/aromatic N) is 1. The summed E-state index contributed by atoms with van der Waals surface area (Å²) in [5.74, 6) is 2.23. The van der Waals surface area contributed by atoms with E-state index in [1.54, 1.807) is 0 Å². The van der Waals surface area contributed by atoms with Crippen LogP contribution in [0.1, 0.15) is 55.6 Å². The fraction of sp³-hybridized carbons (Fsp3) is 0.480. The molecule has 2 aliphatic heterocycles. The Kier molecular flexibility index (Phi) is 6.73. The minimum absolute atomic E-state index is 0.232. The van der Waals surface area contributed by atoms with Gasteiger partial charge in [-0.2, -0.15) is 0 Å². The molecule has 4 rings (SSSR count). The minimum Gasteiger partial charge on any atom is -0.457 e. The van der Waals surface area contributed by atoms with Gasteiger partial charge in [0.05, 0.1) is 26.7 Å². The summed E-state index contributed by atoms with van der Waals surface area (Å²) < 4.78 is 17.7. The van der Waals surface area contributed by atoms with Crippen LogP contribution in [0.5, 0.6) is 11.5 Å². The van der Waals surface area contributed by atoms with Gasteiger partial charge in [0.1, 0.15) is 11.5 Å². The predicted octanol–water partition coefficient (Wildman–Crippen LogP) is 6.46. The topological polar surface area (TPSA) is 44.8 Å². The van der Waals surface area contributed by atoms with E-state index in [0.717, 1.165) is 55.8 Å². The number of fused-ring (bicyclic) bond motifs is 5. The molecule has 0 radical (unpaired) electrons. The molecule has 3 atom stereocenters. The lowest BCUT2D eigenvalue weighted by atomic mass is 9.84. The number of halogens is 1. The first-order valence-electron chi connectivity index (χ1n) is 11.2. The molecule has 3 unspecified atom stereocenters. The van der Waals surface area contributed by atoms with Crippen molar-refractivity contribution in [3.63, 3.8) is 0 Å². The van der Waals surface area contributed by atoms with Gasteiger partial charge in [-0.3, -0.25) is 4.48 Å². The van der Waals surface area contributed by atoms with Crippen LogP contribution in [-0.4, -0.2) is 44.1 Å². The Morgan fingerprint density at radius 1 is 1.03 bits per heavy atom. The molecule has 0 N–H and O–H groups in total. The second-order valence-corrected chi connectivity index (χ2v) is 9.39. The highest BCUT2D eigenvalue weighted by Crippen LogP contribution is 2.51. The highest BCUT2D eigenvalue weighted by atomic mass is 35.5. The van der Waals surface area contributed by atoms with Gasteiger partial charge in [0.25, 0.3) is 0 Å². The van der Waals surface area contributed by atoms with Crippen molar-refractivity contribution in [2.45, 2.75) is 44.4 Å². The highest BCUT2D eigenvalue weighted by Gasteiger charge is 2.48. The van der Waals surface area contributed by atoms with E-state index < -0.39 is 6.16 Å². The van der Waals surface area contributed by atoms with Crippen molar-refractivity contribution in [1.82, 2.24) is 0 Å². The van der Waals surface area contributed by atoms with Gasteiger partial charge in [0, 0.05) is 28.0 Å². The van der Waals surface area contributed by atoms with Gasteiger partial charge in [-0.15, -0.1) is 0 Å². The Bertz CT molecular complexity index is 933. The maximum atomic E-state index is 12.1. The number of benzene rings is 2. The van der Waals surface area contributed by atoms with E-state index in [0.29, 0.717) is 22.8 Å². The molecule has 6 heteroatoms.